The van der Waals surface area contributed by atoms with E-state index >= 15 is 0 Å². The molecule has 1 aliphatic rings. The van der Waals surface area contributed by atoms with Gasteiger partial charge in [0.05, 0.1) is 0 Å². The van der Waals surface area contributed by atoms with Gasteiger partial charge in [0, 0.05) is 12.8 Å². The van der Waals surface area contributed by atoms with Crippen molar-refractivity contribution in [2.24, 2.45) is 0 Å². The van der Waals surface area contributed by atoms with E-state index in [0.29, 0.717) is 18.6 Å². The predicted molar refractivity (Wildman–Crippen MR) is 54.5 cm³/mol. The lowest BCUT2D eigenvalue weighted by molar-refractivity contribution is -0.129. The van der Waals surface area contributed by atoms with Crippen LogP contribution in [0.4, 0.5) is 0 Å². The molecule has 1 aromatic rings. The van der Waals surface area contributed by atoms with Gasteiger partial charge < -0.3 is 4.74 Å². The zero-order valence-electron chi connectivity index (χ0n) is 8.32. The lowest BCUT2D eigenvalue weighted by atomic mass is 9.94. The lowest BCUT2D eigenvalue weighted by Crippen LogP contribution is -2.33. The summed E-state index contributed by atoms with van der Waals surface area (Å²) in [4.78, 5) is 10.8. The zero-order chi connectivity index (χ0) is 9.97. The summed E-state index contributed by atoms with van der Waals surface area (Å²) in [6.07, 6.45) is 2.25. The molecule has 0 atom stereocenters. The van der Waals surface area contributed by atoms with Crippen LogP contribution in [-0.2, 0) is 11.2 Å². The van der Waals surface area contributed by atoms with Crippen molar-refractivity contribution in [2.45, 2.75) is 32.3 Å². The Bertz CT molecular complexity index is 336. The van der Waals surface area contributed by atoms with Gasteiger partial charge in [-0.2, -0.15) is 0 Å². The van der Waals surface area contributed by atoms with Gasteiger partial charge >= 0.3 is 0 Å². The summed E-state index contributed by atoms with van der Waals surface area (Å²) >= 11 is 0. The van der Waals surface area contributed by atoms with Crippen molar-refractivity contribution in [1.29, 1.82) is 0 Å². The SMILES string of the molecule is CCc1ccccc1OC1CC(=O)C1. The molecule has 0 bridgehead atoms. The molecule has 0 N–H and O–H groups in total. The van der Waals surface area contributed by atoms with Crippen molar-refractivity contribution >= 4 is 5.78 Å². The molecule has 1 aliphatic carbocycles. The highest BCUT2D eigenvalue weighted by Crippen LogP contribution is 2.25. The number of hydrogen-bond donors (Lipinski definition) is 0. The molecule has 0 amide bonds. The van der Waals surface area contributed by atoms with Gasteiger partial charge in [0.1, 0.15) is 17.6 Å². The average Bonchev–Trinajstić information content (AvgIpc) is 2.16. The van der Waals surface area contributed by atoms with Crippen molar-refractivity contribution in [2.75, 3.05) is 0 Å². The van der Waals surface area contributed by atoms with Crippen LogP contribution < -0.4 is 4.74 Å². The molecule has 0 aromatic heterocycles. The van der Waals surface area contributed by atoms with Gasteiger partial charge in [-0.15, -0.1) is 0 Å². The van der Waals surface area contributed by atoms with Crippen LogP contribution in [0.2, 0.25) is 0 Å². The Morgan fingerprint density at radius 1 is 1.36 bits per heavy atom. The summed E-state index contributed by atoms with van der Waals surface area (Å²) in [6.45, 7) is 2.11. The Balaban J connectivity index is 2.04. The maximum atomic E-state index is 10.8. The van der Waals surface area contributed by atoms with Crippen LogP contribution in [0.3, 0.4) is 0 Å². The summed E-state index contributed by atoms with van der Waals surface area (Å²) in [5.74, 6) is 1.25. The zero-order valence-corrected chi connectivity index (χ0v) is 8.32. The Kier molecular flexibility index (Phi) is 2.53. The topological polar surface area (TPSA) is 26.3 Å². The molecular formula is C12H14O2. The molecule has 1 saturated carbocycles. The molecular weight excluding hydrogens is 176 g/mol. The molecule has 0 radical (unpaired) electrons. The average molecular weight is 190 g/mol. The van der Waals surface area contributed by atoms with E-state index in [4.69, 9.17) is 4.74 Å². The first-order valence-corrected chi connectivity index (χ1v) is 5.06. The summed E-state index contributed by atoms with van der Waals surface area (Å²) in [5, 5.41) is 0. The van der Waals surface area contributed by atoms with Crippen LogP contribution in [0.15, 0.2) is 24.3 Å². The van der Waals surface area contributed by atoms with Gasteiger partial charge in [0.2, 0.25) is 0 Å². The number of carbonyl (C=O) groups excluding carboxylic acids is 1. The van der Waals surface area contributed by atoms with Crippen LogP contribution in [0.1, 0.15) is 25.3 Å². The van der Waals surface area contributed by atoms with Gasteiger partial charge in [-0.1, -0.05) is 25.1 Å². The minimum Gasteiger partial charge on any atom is -0.489 e. The lowest BCUT2D eigenvalue weighted by Gasteiger charge is -2.26. The molecule has 0 aliphatic heterocycles. The number of benzene rings is 1. The number of para-hydroxylation sites is 1. The van der Waals surface area contributed by atoms with Crippen molar-refractivity contribution in [1.82, 2.24) is 0 Å². The fourth-order valence-electron chi connectivity index (χ4n) is 1.62. The van der Waals surface area contributed by atoms with Crippen molar-refractivity contribution in [3.8, 4) is 5.75 Å². The van der Waals surface area contributed by atoms with E-state index in [9.17, 15) is 4.79 Å². The van der Waals surface area contributed by atoms with Crippen LogP contribution >= 0.6 is 0 Å². The maximum Gasteiger partial charge on any atom is 0.140 e. The molecule has 0 spiro atoms. The van der Waals surface area contributed by atoms with Crippen molar-refractivity contribution in [3.05, 3.63) is 29.8 Å². The number of hydrogen-bond acceptors (Lipinski definition) is 2. The number of aryl methyl sites for hydroxylation is 1. The highest BCUT2D eigenvalue weighted by atomic mass is 16.5. The number of ether oxygens (including phenoxy) is 1. The Morgan fingerprint density at radius 3 is 2.71 bits per heavy atom. The third-order valence-corrected chi connectivity index (χ3v) is 2.56. The Labute approximate surface area is 83.9 Å². The normalized spacial score (nSPS) is 16.5. The van der Waals surface area contributed by atoms with Gasteiger partial charge in [-0.25, -0.2) is 0 Å². The number of carbonyl (C=O) groups is 1. The first-order chi connectivity index (χ1) is 6.79. The molecule has 0 unspecified atom stereocenters. The standard InChI is InChI=1S/C12H14O2/c1-2-9-5-3-4-6-12(9)14-11-7-10(13)8-11/h3-6,11H,2,7-8H2,1H3. The highest BCUT2D eigenvalue weighted by molar-refractivity contribution is 5.85. The molecule has 14 heavy (non-hydrogen) atoms. The van der Waals surface area contributed by atoms with E-state index in [2.05, 4.69) is 13.0 Å². The van der Waals surface area contributed by atoms with Crippen LogP contribution in [-0.4, -0.2) is 11.9 Å². The molecule has 2 heteroatoms. The summed E-state index contributed by atoms with van der Waals surface area (Å²) < 4.78 is 5.72. The number of ketones is 1. The fourth-order valence-corrected chi connectivity index (χ4v) is 1.62. The highest BCUT2D eigenvalue weighted by Gasteiger charge is 2.28. The first-order valence-electron chi connectivity index (χ1n) is 5.06. The van der Waals surface area contributed by atoms with E-state index in [1.54, 1.807) is 0 Å². The van der Waals surface area contributed by atoms with E-state index < -0.39 is 0 Å². The number of Topliss-reactive ketones (excluding diaryl/α,β-unsaturated/α-hetero) is 1. The quantitative estimate of drug-likeness (QED) is 0.731. The largest absolute Gasteiger partial charge is 0.489 e. The van der Waals surface area contributed by atoms with Crippen LogP contribution in [0.5, 0.6) is 5.75 Å². The fraction of sp³-hybridized carbons (Fsp3) is 0.417. The Morgan fingerprint density at radius 2 is 2.07 bits per heavy atom. The van der Waals surface area contributed by atoms with Crippen molar-refractivity contribution in [3.63, 3.8) is 0 Å². The second-order valence-electron chi connectivity index (χ2n) is 3.65. The van der Waals surface area contributed by atoms with Crippen LogP contribution in [0, 0.1) is 0 Å². The molecule has 0 saturated heterocycles. The van der Waals surface area contributed by atoms with E-state index in [1.165, 1.54) is 5.56 Å². The summed E-state index contributed by atoms with van der Waals surface area (Å²) in [5.41, 5.74) is 1.21. The van der Waals surface area contributed by atoms with E-state index in [1.807, 2.05) is 18.2 Å². The van der Waals surface area contributed by atoms with E-state index in [-0.39, 0.29) is 6.10 Å². The smallest absolute Gasteiger partial charge is 0.140 e. The van der Waals surface area contributed by atoms with Gasteiger partial charge in [0.25, 0.3) is 0 Å². The Hall–Kier alpha value is -1.31. The summed E-state index contributed by atoms with van der Waals surface area (Å²) in [6, 6.07) is 8.02. The minimum atomic E-state index is 0.121. The maximum absolute atomic E-state index is 10.8. The molecule has 1 aromatic carbocycles. The molecule has 0 heterocycles. The first kappa shape index (κ1) is 9.25. The van der Waals surface area contributed by atoms with Gasteiger partial charge in [-0.05, 0) is 18.1 Å². The monoisotopic (exact) mass is 190 g/mol. The van der Waals surface area contributed by atoms with E-state index in [0.717, 1.165) is 12.2 Å². The number of rotatable bonds is 3. The third-order valence-electron chi connectivity index (χ3n) is 2.56. The van der Waals surface area contributed by atoms with Crippen molar-refractivity contribution < 1.29 is 9.53 Å². The predicted octanol–water partition coefficient (Wildman–Crippen LogP) is 2.36. The second kappa shape index (κ2) is 3.82. The van der Waals surface area contributed by atoms with Crippen LogP contribution in [0.25, 0.3) is 0 Å². The van der Waals surface area contributed by atoms with Gasteiger partial charge in [-0.3, -0.25) is 4.79 Å². The molecule has 74 valence electrons. The summed E-state index contributed by atoms with van der Waals surface area (Å²) in [7, 11) is 0. The third kappa shape index (κ3) is 1.79. The second-order valence-corrected chi connectivity index (χ2v) is 3.65. The minimum absolute atomic E-state index is 0.121. The molecule has 1 fully saturated rings. The molecule has 2 rings (SSSR count). The molecule has 2 nitrogen and oxygen atoms in total. The van der Waals surface area contributed by atoms with Gasteiger partial charge in [0.15, 0.2) is 0 Å².